The van der Waals surface area contributed by atoms with Crippen molar-refractivity contribution in [1.82, 2.24) is 0 Å². The molecule has 20 heavy (non-hydrogen) atoms. The quantitative estimate of drug-likeness (QED) is 0.899. The Morgan fingerprint density at radius 2 is 2.05 bits per heavy atom. The van der Waals surface area contributed by atoms with Gasteiger partial charge in [-0.3, -0.25) is 0 Å². The lowest BCUT2D eigenvalue weighted by Gasteiger charge is -2.30. The van der Waals surface area contributed by atoms with Crippen molar-refractivity contribution < 1.29 is 0 Å². The molecule has 1 aliphatic rings. The molecule has 0 bridgehead atoms. The molecule has 2 N–H and O–H groups in total. The molecule has 1 unspecified atom stereocenters. The van der Waals surface area contributed by atoms with Gasteiger partial charge in [0.1, 0.15) is 0 Å². The molecule has 0 radical (unpaired) electrons. The fourth-order valence-electron chi connectivity index (χ4n) is 2.88. The van der Waals surface area contributed by atoms with E-state index < -0.39 is 0 Å². The van der Waals surface area contributed by atoms with E-state index in [1.54, 1.807) is 0 Å². The Balaban J connectivity index is 2.01. The second-order valence-electron chi connectivity index (χ2n) is 4.99. The number of hydrogen-bond donors (Lipinski definition) is 1. The first kappa shape index (κ1) is 13.9. The van der Waals surface area contributed by atoms with Crippen molar-refractivity contribution >= 4 is 33.2 Å². The fraction of sp³-hybridized carbons (Fsp3) is 0.250. The van der Waals surface area contributed by atoms with Gasteiger partial charge in [0.2, 0.25) is 0 Å². The van der Waals surface area contributed by atoms with Crippen molar-refractivity contribution in [2.45, 2.75) is 12.5 Å². The van der Waals surface area contributed by atoms with Gasteiger partial charge in [0, 0.05) is 28.3 Å². The Hall–Kier alpha value is -1.03. The number of benzene rings is 2. The Bertz CT molecular complexity index is 630. The highest BCUT2D eigenvalue weighted by Crippen LogP contribution is 2.37. The number of halogens is 2. The summed E-state index contributed by atoms with van der Waals surface area (Å²) in [5.74, 6) is 0. The summed E-state index contributed by atoms with van der Waals surface area (Å²) in [5.41, 5.74) is 9.88. The molecule has 0 aromatic heterocycles. The molecule has 1 heterocycles. The summed E-state index contributed by atoms with van der Waals surface area (Å²) < 4.78 is 1.06. The molecular formula is C16H16BrClN2. The minimum Gasteiger partial charge on any atom is -0.363 e. The zero-order valence-electron chi connectivity index (χ0n) is 11.0. The van der Waals surface area contributed by atoms with Gasteiger partial charge in [0.05, 0.1) is 6.04 Å². The van der Waals surface area contributed by atoms with Gasteiger partial charge in [0.15, 0.2) is 0 Å². The van der Waals surface area contributed by atoms with E-state index in [0.717, 1.165) is 28.0 Å². The summed E-state index contributed by atoms with van der Waals surface area (Å²) in [6.45, 7) is 1.56. The summed E-state index contributed by atoms with van der Waals surface area (Å²) in [5, 5.41) is 0.745. The van der Waals surface area contributed by atoms with Crippen molar-refractivity contribution in [3.8, 4) is 0 Å². The molecular weight excluding hydrogens is 336 g/mol. The van der Waals surface area contributed by atoms with Gasteiger partial charge in [-0.2, -0.15) is 0 Å². The van der Waals surface area contributed by atoms with E-state index >= 15 is 0 Å². The maximum Gasteiger partial charge on any atom is 0.0676 e. The largest absolute Gasteiger partial charge is 0.363 e. The molecule has 3 rings (SSSR count). The Morgan fingerprint density at radius 3 is 2.85 bits per heavy atom. The van der Waals surface area contributed by atoms with Gasteiger partial charge in [-0.05, 0) is 41.8 Å². The van der Waals surface area contributed by atoms with E-state index in [0.29, 0.717) is 6.54 Å². The number of hydrogen-bond acceptors (Lipinski definition) is 2. The zero-order valence-corrected chi connectivity index (χ0v) is 13.4. The average molecular weight is 352 g/mol. The third kappa shape index (κ3) is 2.46. The second kappa shape index (κ2) is 5.76. The van der Waals surface area contributed by atoms with Crippen LogP contribution in [0, 0.1) is 0 Å². The van der Waals surface area contributed by atoms with E-state index in [1.807, 2.05) is 18.2 Å². The van der Waals surface area contributed by atoms with Crippen LogP contribution >= 0.6 is 27.5 Å². The smallest absolute Gasteiger partial charge is 0.0676 e. The number of anilines is 1. The van der Waals surface area contributed by atoms with Crippen LogP contribution in [0.5, 0.6) is 0 Å². The lowest BCUT2D eigenvalue weighted by Crippen LogP contribution is -2.32. The molecule has 0 fully saturated rings. The maximum atomic E-state index is 6.14. The van der Waals surface area contributed by atoms with Crippen LogP contribution in [0.4, 0.5) is 5.69 Å². The fourth-order valence-corrected chi connectivity index (χ4v) is 3.57. The normalized spacial score (nSPS) is 15.2. The summed E-state index contributed by atoms with van der Waals surface area (Å²) >= 11 is 9.76. The average Bonchev–Trinajstić information content (AvgIpc) is 2.88. The topological polar surface area (TPSA) is 29.3 Å². The molecule has 0 spiro atoms. The van der Waals surface area contributed by atoms with Gasteiger partial charge in [-0.1, -0.05) is 45.7 Å². The monoisotopic (exact) mass is 350 g/mol. The highest BCUT2D eigenvalue weighted by molar-refractivity contribution is 9.10. The van der Waals surface area contributed by atoms with Crippen molar-refractivity contribution in [2.24, 2.45) is 5.73 Å². The first-order chi connectivity index (χ1) is 9.70. The van der Waals surface area contributed by atoms with Gasteiger partial charge >= 0.3 is 0 Å². The van der Waals surface area contributed by atoms with Crippen LogP contribution in [-0.2, 0) is 6.42 Å². The first-order valence-corrected chi connectivity index (χ1v) is 7.87. The van der Waals surface area contributed by atoms with E-state index in [4.69, 9.17) is 17.3 Å². The number of fused-ring (bicyclic) bond motifs is 1. The number of nitrogens with two attached hydrogens (primary N) is 1. The van der Waals surface area contributed by atoms with E-state index in [9.17, 15) is 0 Å². The summed E-state index contributed by atoms with van der Waals surface area (Å²) in [7, 11) is 0. The van der Waals surface area contributed by atoms with Gasteiger partial charge in [0.25, 0.3) is 0 Å². The van der Waals surface area contributed by atoms with Crippen LogP contribution in [0.25, 0.3) is 0 Å². The predicted molar refractivity (Wildman–Crippen MR) is 88.4 cm³/mol. The first-order valence-electron chi connectivity index (χ1n) is 6.70. The Labute approximate surface area is 132 Å². The van der Waals surface area contributed by atoms with Gasteiger partial charge < -0.3 is 10.6 Å². The van der Waals surface area contributed by atoms with Crippen LogP contribution in [0.15, 0.2) is 46.9 Å². The molecule has 0 saturated heterocycles. The van der Waals surface area contributed by atoms with E-state index in [-0.39, 0.29) is 6.04 Å². The maximum absolute atomic E-state index is 6.14. The SMILES string of the molecule is NCC(c1cc(Cl)ccc1Br)N1CCc2ccccc21. The Kier molecular flexibility index (Phi) is 4.01. The molecule has 0 saturated carbocycles. The van der Waals surface area contributed by atoms with Crippen molar-refractivity contribution in [3.05, 3.63) is 63.1 Å². The van der Waals surface area contributed by atoms with Crippen LogP contribution in [0.3, 0.4) is 0 Å². The number of rotatable bonds is 3. The van der Waals surface area contributed by atoms with Gasteiger partial charge in [-0.15, -0.1) is 0 Å². The molecule has 104 valence electrons. The summed E-state index contributed by atoms with van der Waals surface area (Å²) in [6, 6.07) is 14.6. The lowest BCUT2D eigenvalue weighted by atomic mass is 10.1. The molecule has 0 aliphatic carbocycles. The predicted octanol–water partition coefficient (Wildman–Crippen LogP) is 4.17. The molecule has 2 aromatic rings. The molecule has 2 aromatic carbocycles. The van der Waals surface area contributed by atoms with E-state index in [2.05, 4.69) is 45.1 Å². The van der Waals surface area contributed by atoms with Crippen molar-refractivity contribution in [1.29, 1.82) is 0 Å². The third-order valence-electron chi connectivity index (χ3n) is 3.84. The van der Waals surface area contributed by atoms with Crippen LogP contribution in [0.1, 0.15) is 17.2 Å². The minimum absolute atomic E-state index is 0.145. The molecule has 4 heteroatoms. The summed E-state index contributed by atoms with van der Waals surface area (Å²) in [4.78, 5) is 2.38. The Morgan fingerprint density at radius 1 is 1.25 bits per heavy atom. The highest BCUT2D eigenvalue weighted by Gasteiger charge is 2.27. The van der Waals surface area contributed by atoms with Crippen LogP contribution in [0.2, 0.25) is 5.02 Å². The van der Waals surface area contributed by atoms with Crippen molar-refractivity contribution in [3.63, 3.8) is 0 Å². The molecule has 1 aliphatic heterocycles. The standard InChI is InChI=1S/C16H16BrClN2/c17-14-6-5-12(18)9-13(14)16(10-19)20-8-7-11-3-1-2-4-15(11)20/h1-6,9,16H,7-8,10,19H2. The lowest BCUT2D eigenvalue weighted by molar-refractivity contribution is 0.647. The number of nitrogens with zero attached hydrogens (tertiary/aromatic N) is 1. The zero-order chi connectivity index (χ0) is 14.1. The van der Waals surface area contributed by atoms with Crippen LogP contribution < -0.4 is 10.6 Å². The minimum atomic E-state index is 0.145. The number of para-hydroxylation sites is 1. The highest BCUT2D eigenvalue weighted by atomic mass is 79.9. The van der Waals surface area contributed by atoms with Crippen LogP contribution in [-0.4, -0.2) is 13.1 Å². The third-order valence-corrected chi connectivity index (χ3v) is 4.80. The summed E-state index contributed by atoms with van der Waals surface area (Å²) in [6.07, 6.45) is 1.07. The molecule has 0 amide bonds. The molecule has 1 atom stereocenters. The van der Waals surface area contributed by atoms with Crippen molar-refractivity contribution in [2.75, 3.05) is 18.0 Å². The van der Waals surface area contributed by atoms with Gasteiger partial charge in [-0.25, -0.2) is 0 Å². The second-order valence-corrected chi connectivity index (χ2v) is 6.28. The van der Waals surface area contributed by atoms with E-state index in [1.165, 1.54) is 11.3 Å². The molecule has 2 nitrogen and oxygen atoms in total.